The molecule has 0 aliphatic carbocycles. The van der Waals surface area contributed by atoms with E-state index in [0.717, 1.165) is 16.8 Å². The van der Waals surface area contributed by atoms with Gasteiger partial charge in [0.1, 0.15) is 0 Å². The summed E-state index contributed by atoms with van der Waals surface area (Å²) in [7, 11) is 3.96. The van der Waals surface area contributed by atoms with Crippen LogP contribution in [0.15, 0.2) is 65.9 Å². The van der Waals surface area contributed by atoms with Crippen LogP contribution in [0.3, 0.4) is 0 Å². The number of benzene rings is 2. The lowest BCUT2D eigenvalue weighted by atomic mass is 10.2. The van der Waals surface area contributed by atoms with Gasteiger partial charge in [-0.2, -0.15) is 10.2 Å². The van der Waals surface area contributed by atoms with Crippen LogP contribution in [-0.4, -0.2) is 36.0 Å². The van der Waals surface area contributed by atoms with Crippen molar-refractivity contribution in [3.8, 4) is 0 Å². The Balaban J connectivity index is 1.56. The first-order valence-corrected chi connectivity index (χ1v) is 8.78. The van der Waals surface area contributed by atoms with E-state index >= 15 is 0 Å². The largest absolute Gasteiger partial charge is 0.378 e. The fourth-order valence-corrected chi connectivity index (χ4v) is 2.55. The van der Waals surface area contributed by atoms with Crippen molar-refractivity contribution in [3.63, 3.8) is 0 Å². The van der Waals surface area contributed by atoms with Gasteiger partial charge in [-0.25, -0.2) is 5.43 Å². The lowest BCUT2D eigenvalue weighted by Gasteiger charge is -2.11. The van der Waals surface area contributed by atoms with Crippen LogP contribution < -0.4 is 10.3 Å². The van der Waals surface area contributed by atoms with Crippen LogP contribution >= 0.6 is 11.6 Å². The third-order valence-electron chi connectivity index (χ3n) is 3.92. The summed E-state index contributed by atoms with van der Waals surface area (Å²) in [4.78, 5) is 14.2. The lowest BCUT2D eigenvalue weighted by molar-refractivity contribution is 0.0949. The van der Waals surface area contributed by atoms with E-state index in [0.29, 0.717) is 17.3 Å². The molecular weight excluding hydrogens is 362 g/mol. The number of hydrogen-bond donors (Lipinski definition) is 1. The Labute approximate surface area is 163 Å². The number of halogens is 1. The average molecular weight is 382 g/mol. The zero-order chi connectivity index (χ0) is 19.2. The highest BCUT2D eigenvalue weighted by Gasteiger charge is 2.08. The number of hydrazone groups is 1. The summed E-state index contributed by atoms with van der Waals surface area (Å²) in [6, 6.07) is 17.0. The number of anilines is 1. The van der Waals surface area contributed by atoms with Crippen LogP contribution in [-0.2, 0) is 6.54 Å². The van der Waals surface area contributed by atoms with Gasteiger partial charge in [0, 0.05) is 31.0 Å². The molecular formula is C20H20ClN5O. The molecule has 0 bridgehead atoms. The van der Waals surface area contributed by atoms with E-state index in [1.807, 2.05) is 67.5 Å². The third kappa shape index (κ3) is 5.18. The maximum Gasteiger partial charge on any atom is 0.291 e. The van der Waals surface area contributed by atoms with Crippen molar-refractivity contribution in [2.24, 2.45) is 5.10 Å². The summed E-state index contributed by atoms with van der Waals surface area (Å²) in [5.41, 5.74) is 5.85. The minimum Gasteiger partial charge on any atom is -0.378 e. The fraction of sp³-hybridized carbons (Fsp3) is 0.150. The standard InChI is InChI=1S/C20H20ClN5O/c1-25(2)18-9-5-15(6-10-18)13-22-23-20(27)19-11-12-26(24-19)14-16-3-7-17(21)8-4-16/h3-13H,14H2,1-2H3,(H,23,27)/b22-13+. The zero-order valence-corrected chi connectivity index (χ0v) is 15.9. The molecule has 0 saturated heterocycles. The molecule has 0 atom stereocenters. The molecule has 3 rings (SSSR count). The molecule has 7 heteroatoms. The Hall–Kier alpha value is -3.12. The third-order valence-corrected chi connectivity index (χ3v) is 4.17. The quantitative estimate of drug-likeness (QED) is 0.525. The molecule has 1 aromatic heterocycles. The van der Waals surface area contributed by atoms with Gasteiger partial charge in [-0.05, 0) is 41.5 Å². The van der Waals surface area contributed by atoms with Gasteiger partial charge in [-0.15, -0.1) is 0 Å². The van der Waals surface area contributed by atoms with E-state index in [9.17, 15) is 4.79 Å². The van der Waals surface area contributed by atoms with Crippen LogP contribution in [0.2, 0.25) is 5.02 Å². The van der Waals surface area contributed by atoms with Gasteiger partial charge in [-0.3, -0.25) is 9.48 Å². The summed E-state index contributed by atoms with van der Waals surface area (Å²) in [6.07, 6.45) is 3.36. The molecule has 2 aromatic carbocycles. The molecule has 6 nitrogen and oxygen atoms in total. The number of hydrogen-bond acceptors (Lipinski definition) is 4. The molecule has 0 aliphatic rings. The summed E-state index contributed by atoms with van der Waals surface area (Å²) >= 11 is 5.88. The number of aromatic nitrogens is 2. The highest BCUT2D eigenvalue weighted by atomic mass is 35.5. The van der Waals surface area contributed by atoms with Crippen LogP contribution in [0.4, 0.5) is 5.69 Å². The molecule has 0 radical (unpaired) electrons. The maximum atomic E-state index is 12.2. The minimum absolute atomic E-state index is 0.309. The second kappa shape index (κ2) is 8.51. The Morgan fingerprint density at radius 1 is 1.15 bits per heavy atom. The predicted octanol–water partition coefficient (Wildman–Crippen LogP) is 3.41. The fourth-order valence-electron chi connectivity index (χ4n) is 2.43. The number of amides is 1. The number of nitrogens with zero attached hydrogens (tertiary/aromatic N) is 4. The van der Waals surface area contributed by atoms with Crippen molar-refractivity contribution in [1.29, 1.82) is 0 Å². The molecule has 1 heterocycles. The van der Waals surface area contributed by atoms with E-state index in [1.165, 1.54) is 0 Å². The van der Waals surface area contributed by atoms with Gasteiger partial charge in [-0.1, -0.05) is 35.9 Å². The molecule has 0 spiro atoms. The van der Waals surface area contributed by atoms with Crippen LogP contribution in [0.25, 0.3) is 0 Å². The molecule has 0 saturated carbocycles. The number of nitrogens with one attached hydrogen (secondary N) is 1. The molecule has 0 fully saturated rings. The minimum atomic E-state index is -0.356. The average Bonchev–Trinajstić information content (AvgIpc) is 3.12. The zero-order valence-electron chi connectivity index (χ0n) is 15.1. The Bertz CT molecular complexity index is 930. The van der Waals surface area contributed by atoms with Gasteiger partial charge in [0.2, 0.25) is 0 Å². The van der Waals surface area contributed by atoms with Gasteiger partial charge in [0.15, 0.2) is 5.69 Å². The molecule has 27 heavy (non-hydrogen) atoms. The molecule has 1 amide bonds. The van der Waals surface area contributed by atoms with Gasteiger partial charge in [0.05, 0.1) is 12.8 Å². The molecule has 0 aliphatic heterocycles. The Morgan fingerprint density at radius 3 is 2.52 bits per heavy atom. The van der Waals surface area contributed by atoms with Crippen molar-refractivity contribution in [1.82, 2.24) is 15.2 Å². The van der Waals surface area contributed by atoms with Crippen molar-refractivity contribution in [2.75, 3.05) is 19.0 Å². The second-order valence-corrected chi connectivity index (χ2v) is 6.65. The first-order chi connectivity index (χ1) is 13.0. The number of carbonyl (C=O) groups excluding carboxylic acids is 1. The van der Waals surface area contributed by atoms with E-state index in [4.69, 9.17) is 11.6 Å². The topological polar surface area (TPSA) is 62.5 Å². The Kier molecular flexibility index (Phi) is 5.88. The first kappa shape index (κ1) is 18.7. The van der Waals surface area contributed by atoms with E-state index in [-0.39, 0.29) is 5.91 Å². The van der Waals surface area contributed by atoms with Crippen molar-refractivity contribution < 1.29 is 4.79 Å². The normalized spacial score (nSPS) is 10.9. The highest BCUT2D eigenvalue weighted by Crippen LogP contribution is 2.11. The smallest absolute Gasteiger partial charge is 0.291 e. The predicted molar refractivity (Wildman–Crippen MR) is 109 cm³/mol. The van der Waals surface area contributed by atoms with Crippen molar-refractivity contribution in [3.05, 3.63) is 82.6 Å². The van der Waals surface area contributed by atoms with E-state index < -0.39 is 0 Å². The van der Waals surface area contributed by atoms with Crippen LogP contribution in [0.1, 0.15) is 21.6 Å². The maximum absolute atomic E-state index is 12.2. The van der Waals surface area contributed by atoms with Crippen molar-refractivity contribution >= 4 is 29.4 Å². The SMILES string of the molecule is CN(C)c1ccc(/C=N/NC(=O)c2ccn(Cc3ccc(Cl)cc3)n2)cc1. The van der Waals surface area contributed by atoms with Crippen LogP contribution in [0.5, 0.6) is 0 Å². The molecule has 138 valence electrons. The summed E-state index contributed by atoms with van der Waals surface area (Å²) in [5, 5.41) is 8.96. The summed E-state index contributed by atoms with van der Waals surface area (Å²) < 4.78 is 1.70. The van der Waals surface area contributed by atoms with Gasteiger partial charge < -0.3 is 4.90 Å². The summed E-state index contributed by atoms with van der Waals surface area (Å²) in [5.74, 6) is -0.356. The van der Waals surface area contributed by atoms with Crippen molar-refractivity contribution in [2.45, 2.75) is 6.54 Å². The summed E-state index contributed by atoms with van der Waals surface area (Å²) in [6.45, 7) is 0.561. The van der Waals surface area contributed by atoms with Gasteiger partial charge >= 0.3 is 0 Å². The Morgan fingerprint density at radius 2 is 1.85 bits per heavy atom. The van der Waals surface area contributed by atoms with Gasteiger partial charge in [0.25, 0.3) is 5.91 Å². The van der Waals surface area contributed by atoms with E-state index in [2.05, 4.69) is 15.6 Å². The lowest BCUT2D eigenvalue weighted by Crippen LogP contribution is -2.18. The number of rotatable bonds is 6. The first-order valence-electron chi connectivity index (χ1n) is 8.40. The number of carbonyl (C=O) groups is 1. The van der Waals surface area contributed by atoms with Crippen LogP contribution in [0, 0.1) is 0 Å². The highest BCUT2D eigenvalue weighted by molar-refractivity contribution is 6.30. The molecule has 1 N–H and O–H groups in total. The monoisotopic (exact) mass is 381 g/mol. The second-order valence-electron chi connectivity index (χ2n) is 6.21. The van der Waals surface area contributed by atoms with E-state index in [1.54, 1.807) is 23.2 Å². The molecule has 3 aromatic rings. The molecule has 0 unspecified atom stereocenters.